The summed E-state index contributed by atoms with van der Waals surface area (Å²) in [7, 11) is 0. The average Bonchev–Trinajstić information content (AvgIpc) is 2.91. The number of nitrogens with zero attached hydrogens (tertiary/aromatic N) is 4. The summed E-state index contributed by atoms with van der Waals surface area (Å²) >= 11 is 0. The van der Waals surface area contributed by atoms with Crippen LogP contribution in [-0.4, -0.2) is 25.6 Å². The van der Waals surface area contributed by atoms with Crippen LogP contribution in [0.25, 0.3) is 0 Å². The lowest BCUT2D eigenvalue weighted by Gasteiger charge is -2.13. The Labute approximate surface area is 101 Å². The number of hydrogen-bond donors (Lipinski definition) is 1. The van der Waals surface area contributed by atoms with E-state index in [0.717, 1.165) is 25.2 Å². The predicted octanol–water partition coefficient (Wildman–Crippen LogP) is 1.99. The van der Waals surface area contributed by atoms with E-state index in [1.807, 2.05) is 34.0 Å². The lowest BCUT2D eigenvalue weighted by Crippen LogP contribution is -2.21. The van der Waals surface area contributed by atoms with Crippen molar-refractivity contribution in [2.24, 2.45) is 0 Å². The summed E-state index contributed by atoms with van der Waals surface area (Å²) in [6.45, 7) is 6.11. The van der Waals surface area contributed by atoms with Gasteiger partial charge in [-0.3, -0.25) is 9.36 Å². The maximum Gasteiger partial charge on any atom is 0.0729 e. The van der Waals surface area contributed by atoms with Gasteiger partial charge in [0, 0.05) is 31.2 Å². The van der Waals surface area contributed by atoms with Crippen LogP contribution in [0.2, 0.25) is 0 Å². The second-order valence-electron chi connectivity index (χ2n) is 4.27. The van der Waals surface area contributed by atoms with E-state index in [0.29, 0.717) is 6.04 Å². The van der Waals surface area contributed by atoms with E-state index in [-0.39, 0.29) is 0 Å². The maximum absolute atomic E-state index is 4.29. The van der Waals surface area contributed by atoms with Crippen molar-refractivity contribution in [2.45, 2.75) is 39.4 Å². The number of rotatable bonds is 6. The zero-order valence-corrected chi connectivity index (χ0v) is 10.4. The Kier molecular flexibility index (Phi) is 3.80. The molecule has 0 radical (unpaired) electrons. The minimum atomic E-state index is 0.328. The standard InChI is InChI=1S/C12H19N5/c1-3-6-16-10-12(8-14-16)15-11(2)9-17-7-4-5-13-17/h4-5,7-8,10-11,15H,3,6,9H2,1-2H3/t11-/m1/s1. The molecule has 2 heterocycles. The van der Waals surface area contributed by atoms with Crippen molar-refractivity contribution in [3.8, 4) is 0 Å². The third-order valence-corrected chi connectivity index (χ3v) is 2.52. The molecule has 0 aliphatic carbocycles. The molecule has 0 aliphatic rings. The van der Waals surface area contributed by atoms with Crippen LogP contribution >= 0.6 is 0 Å². The number of aromatic nitrogens is 4. The van der Waals surface area contributed by atoms with E-state index < -0.39 is 0 Å². The molecule has 2 rings (SSSR count). The van der Waals surface area contributed by atoms with Gasteiger partial charge in [-0.05, 0) is 19.4 Å². The van der Waals surface area contributed by atoms with Crippen molar-refractivity contribution in [1.29, 1.82) is 0 Å². The van der Waals surface area contributed by atoms with Crippen LogP contribution in [0.4, 0.5) is 5.69 Å². The molecule has 0 fully saturated rings. The normalized spacial score (nSPS) is 12.6. The number of nitrogens with one attached hydrogen (secondary N) is 1. The summed E-state index contributed by atoms with van der Waals surface area (Å²) in [6.07, 6.45) is 8.78. The molecule has 5 nitrogen and oxygen atoms in total. The van der Waals surface area contributed by atoms with Crippen LogP contribution in [-0.2, 0) is 13.1 Å². The quantitative estimate of drug-likeness (QED) is 0.830. The monoisotopic (exact) mass is 233 g/mol. The summed E-state index contributed by atoms with van der Waals surface area (Å²) < 4.78 is 3.89. The number of hydrogen-bond acceptors (Lipinski definition) is 3. The van der Waals surface area contributed by atoms with E-state index in [4.69, 9.17) is 0 Å². The summed E-state index contributed by atoms with van der Waals surface area (Å²) in [5, 5.41) is 11.9. The van der Waals surface area contributed by atoms with Gasteiger partial charge in [-0.2, -0.15) is 10.2 Å². The molecule has 0 unspecified atom stereocenters. The highest BCUT2D eigenvalue weighted by molar-refractivity contribution is 5.38. The Morgan fingerprint density at radius 1 is 1.35 bits per heavy atom. The van der Waals surface area contributed by atoms with Crippen LogP contribution in [0.3, 0.4) is 0 Å². The zero-order valence-electron chi connectivity index (χ0n) is 10.4. The van der Waals surface area contributed by atoms with Crippen molar-refractivity contribution >= 4 is 5.69 Å². The Balaban J connectivity index is 1.86. The van der Waals surface area contributed by atoms with Crippen LogP contribution in [0.1, 0.15) is 20.3 Å². The Morgan fingerprint density at radius 3 is 2.94 bits per heavy atom. The van der Waals surface area contributed by atoms with Gasteiger partial charge in [-0.15, -0.1) is 0 Å². The minimum absolute atomic E-state index is 0.328. The maximum atomic E-state index is 4.29. The van der Waals surface area contributed by atoms with Crippen LogP contribution in [0.5, 0.6) is 0 Å². The van der Waals surface area contributed by atoms with Crippen LogP contribution < -0.4 is 5.32 Å². The Morgan fingerprint density at radius 2 is 2.24 bits per heavy atom. The molecule has 0 amide bonds. The van der Waals surface area contributed by atoms with Crippen molar-refractivity contribution in [3.63, 3.8) is 0 Å². The first-order valence-electron chi connectivity index (χ1n) is 6.04. The van der Waals surface area contributed by atoms with E-state index in [1.165, 1.54) is 0 Å². The van der Waals surface area contributed by atoms with Gasteiger partial charge in [0.25, 0.3) is 0 Å². The van der Waals surface area contributed by atoms with Gasteiger partial charge in [0.05, 0.1) is 18.4 Å². The van der Waals surface area contributed by atoms with Gasteiger partial charge in [0.1, 0.15) is 0 Å². The second kappa shape index (κ2) is 5.52. The van der Waals surface area contributed by atoms with E-state index >= 15 is 0 Å². The van der Waals surface area contributed by atoms with Gasteiger partial charge in [0.2, 0.25) is 0 Å². The van der Waals surface area contributed by atoms with E-state index in [1.54, 1.807) is 6.20 Å². The Bertz CT molecular complexity index is 431. The third-order valence-electron chi connectivity index (χ3n) is 2.52. The largest absolute Gasteiger partial charge is 0.378 e. The van der Waals surface area contributed by atoms with Crippen molar-refractivity contribution in [1.82, 2.24) is 19.6 Å². The molecule has 0 aromatic carbocycles. The molecule has 0 saturated carbocycles. The average molecular weight is 233 g/mol. The first kappa shape index (κ1) is 11.7. The molecule has 2 aromatic heterocycles. The first-order valence-corrected chi connectivity index (χ1v) is 6.04. The molecule has 0 spiro atoms. The summed E-state index contributed by atoms with van der Waals surface area (Å²) in [4.78, 5) is 0. The molecule has 5 heteroatoms. The van der Waals surface area contributed by atoms with Crippen LogP contribution in [0.15, 0.2) is 30.9 Å². The molecular formula is C12H19N5. The fourth-order valence-electron chi connectivity index (χ4n) is 1.81. The fraction of sp³-hybridized carbons (Fsp3) is 0.500. The molecule has 0 bridgehead atoms. The third kappa shape index (κ3) is 3.34. The molecule has 0 aliphatic heterocycles. The fourth-order valence-corrected chi connectivity index (χ4v) is 1.81. The van der Waals surface area contributed by atoms with E-state index in [2.05, 4.69) is 29.4 Å². The number of aryl methyl sites for hydroxylation is 1. The Hall–Kier alpha value is -1.78. The SMILES string of the molecule is CCCn1cc(N[C@H](C)Cn2cccn2)cn1. The minimum Gasteiger partial charge on any atom is -0.378 e. The van der Waals surface area contributed by atoms with Gasteiger partial charge >= 0.3 is 0 Å². The summed E-state index contributed by atoms with van der Waals surface area (Å²) in [5.41, 5.74) is 1.07. The molecule has 1 N–H and O–H groups in total. The van der Waals surface area contributed by atoms with Crippen LogP contribution in [0, 0.1) is 0 Å². The second-order valence-corrected chi connectivity index (χ2v) is 4.27. The summed E-state index contributed by atoms with van der Waals surface area (Å²) in [5.74, 6) is 0. The van der Waals surface area contributed by atoms with E-state index in [9.17, 15) is 0 Å². The van der Waals surface area contributed by atoms with Gasteiger partial charge < -0.3 is 5.32 Å². The van der Waals surface area contributed by atoms with Gasteiger partial charge in [-0.25, -0.2) is 0 Å². The highest BCUT2D eigenvalue weighted by Gasteiger charge is 2.04. The zero-order chi connectivity index (χ0) is 12.1. The lowest BCUT2D eigenvalue weighted by atomic mass is 10.3. The molecule has 0 saturated heterocycles. The smallest absolute Gasteiger partial charge is 0.0729 e. The topological polar surface area (TPSA) is 47.7 Å². The van der Waals surface area contributed by atoms with Gasteiger partial charge in [-0.1, -0.05) is 6.92 Å². The molecule has 92 valence electrons. The number of anilines is 1. The molecule has 1 atom stereocenters. The molecule has 17 heavy (non-hydrogen) atoms. The summed E-state index contributed by atoms with van der Waals surface area (Å²) in [6, 6.07) is 2.26. The molecule has 2 aromatic rings. The molecular weight excluding hydrogens is 214 g/mol. The lowest BCUT2D eigenvalue weighted by molar-refractivity contribution is 0.560. The van der Waals surface area contributed by atoms with Crippen molar-refractivity contribution < 1.29 is 0 Å². The van der Waals surface area contributed by atoms with Crippen molar-refractivity contribution in [3.05, 3.63) is 30.9 Å². The van der Waals surface area contributed by atoms with Gasteiger partial charge in [0.15, 0.2) is 0 Å². The first-order chi connectivity index (χ1) is 8.28. The highest BCUT2D eigenvalue weighted by atomic mass is 15.3. The van der Waals surface area contributed by atoms with Crippen molar-refractivity contribution in [2.75, 3.05) is 5.32 Å². The predicted molar refractivity (Wildman–Crippen MR) is 67.8 cm³/mol. The highest BCUT2D eigenvalue weighted by Crippen LogP contribution is 2.08.